The van der Waals surface area contributed by atoms with E-state index in [2.05, 4.69) is 5.32 Å². The van der Waals surface area contributed by atoms with Gasteiger partial charge in [-0.3, -0.25) is 13.9 Å². The van der Waals surface area contributed by atoms with E-state index in [1.807, 2.05) is 51.1 Å². The van der Waals surface area contributed by atoms with Crippen LogP contribution in [0.15, 0.2) is 102 Å². The van der Waals surface area contributed by atoms with Crippen molar-refractivity contribution in [1.29, 1.82) is 0 Å². The van der Waals surface area contributed by atoms with Crippen molar-refractivity contribution in [2.24, 2.45) is 0 Å². The van der Waals surface area contributed by atoms with Crippen LogP contribution in [-0.4, -0.2) is 43.8 Å². The van der Waals surface area contributed by atoms with E-state index in [1.165, 1.54) is 17.0 Å². The fraction of sp³-hybridized carbons (Fsp3) is 0.257. The van der Waals surface area contributed by atoms with Gasteiger partial charge in [0.05, 0.1) is 10.6 Å². The first kappa shape index (κ1) is 35.3. The van der Waals surface area contributed by atoms with Crippen molar-refractivity contribution in [2.75, 3.05) is 10.8 Å². The van der Waals surface area contributed by atoms with E-state index >= 15 is 0 Å². The van der Waals surface area contributed by atoms with Gasteiger partial charge in [-0.05, 0) is 79.9 Å². The number of halogens is 3. The molecule has 0 fully saturated rings. The van der Waals surface area contributed by atoms with Crippen LogP contribution in [0.25, 0.3) is 0 Å². The highest BCUT2D eigenvalue weighted by Gasteiger charge is 2.35. The van der Waals surface area contributed by atoms with Gasteiger partial charge in [0.2, 0.25) is 11.8 Å². The van der Waals surface area contributed by atoms with Gasteiger partial charge in [0, 0.05) is 34.1 Å². The number of amides is 2. The summed E-state index contributed by atoms with van der Waals surface area (Å²) in [4.78, 5) is 29.9. The van der Waals surface area contributed by atoms with E-state index < -0.39 is 28.5 Å². The highest BCUT2D eigenvalue weighted by Crippen LogP contribution is 2.28. The number of hydrogen-bond donors (Lipinski definition) is 1. The number of rotatable bonds is 13. The molecule has 4 aromatic rings. The summed E-state index contributed by atoms with van der Waals surface area (Å²) in [5.41, 5.74) is 2.50. The zero-order valence-electron chi connectivity index (χ0n) is 25.8. The van der Waals surface area contributed by atoms with Gasteiger partial charge in [-0.1, -0.05) is 95.8 Å². The summed E-state index contributed by atoms with van der Waals surface area (Å²) in [6, 6.07) is 25.7. The molecule has 0 bridgehead atoms. The van der Waals surface area contributed by atoms with Crippen LogP contribution in [0.2, 0.25) is 15.1 Å². The van der Waals surface area contributed by atoms with Gasteiger partial charge in [-0.2, -0.15) is 0 Å². The molecule has 0 aliphatic carbocycles. The SMILES string of the molecule is CC[C@H](C)NC(=O)[C@@H](Cc1ccccc1)N(Cc1ccc(Cl)cc1Cl)C(=O)CN(c1ccc(Cl)cc1)S(=O)(=O)c1ccc(C)cc1. The maximum atomic E-state index is 14.5. The third-order valence-corrected chi connectivity index (χ3v) is 10.3. The molecule has 4 aromatic carbocycles. The Labute approximate surface area is 286 Å². The molecule has 0 radical (unpaired) electrons. The van der Waals surface area contributed by atoms with E-state index in [0.29, 0.717) is 27.1 Å². The normalized spacial score (nSPS) is 12.7. The molecule has 0 unspecified atom stereocenters. The molecule has 0 aromatic heterocycles. The summed E-state index contributed by atoms with van der Waals surface area (Å²) < 4.78 is 29.3. The Kier molecular flexibility index (Phi) is 12.1. The Balaban J connectivity index is 1.82. The molecule has 11 heteroatoms. The van der Waals surface area contributed by atoms with Gasteiger partial charge >= 0.3 is 0 Å². The lowest BCUT2D eigenvalue weighted by atomic mass is 10.0. The molecule has 242 valence electrons. The minimum atomic E-state index is -4.23. The number of benzene rings is 4. The van der Waals surface area contributed by atoms with E-state index in [9.17, 15) is 18.0 Å². The minimum absolute atomic E-state index is 0.0171. The van der Waals surface area contributed by atoms with Gasteiger partial charge in [0.1, 0.15) is 12.6 Å². The third kappa shape index (κ3) is 9.04. The molecule has 46 heavy (non-hydrogen) atoms. The maximum Gasteiger partial charge on any atom is 0.264 e. The lowest BCUT2D eigenvalue weighted by molar-refractivity contribution is -0.140. The second-order valence-corrected chi connectivity index (χ2v) is 14.2. The van der Waals surface area contributed by atoms with Crippen molar-refractivity contribution in [3.8, 4) is 0 Å². The highest BCUT2D eigenvalue weighted by molar-refractivity contribution is 7.92. The van der Waals surface area contributed by atoms with E-state index in [1.54, 1.807) is 54.6 Å². The van der Waals surface area contributed by atoms with Crippen LogP contribution in [0.1, 0.15) is 37.0 Å². The van der Waals surface area contributed by atoms with E-state index in [4.69, 9.17) is 34.8 Å². The van der Waals surface area contributed by atoms with Gasteiger partial charge in [-0.25, -0.2) is 8.42 Å². The number of carbonyl (C=O) groups excluding carboxylic acids is 2. The summed E-state index contributed by atoms with van der Waals surface area (Å²) in [5, 5.41) is 4.15. The first-order chi connectivity index (χ1) is 21.9. The molecule has 4 rings (SSSR count). The van der Waals surface area contributed by atoms with Crippen molar-refractivity contribution in [3.05, 3.63) is 129 Å². The Bertz CT molecular complexity index is 1750. The van der Waals surface area contributed by atoms with Gasteiger partial charge in [0.15, 0.2) is 0 Å². The third-order valence-electron chi connectivity index (χ3n) is 7.63. The summed E-state index contributed by atoms with van der Waals surface area (Å²) in [6.45, 7) is 5.03. The van der Waals surface area contributed by atoms with Crippen molar-refractivity contribution in [3.63, 3.8) is 0 Å². The lowest BCUT2D eigenvalue weighted by Gasteiger charge is -2.34. The van der Waals surface area contributed by atoms with E-state index in [0.717, 1.165) is 15.4 Å². The number of aryl methyl sites for hydroxylation is 1. The molecule has 0 saturated carbocycles. The zero-order valence-corrected chi connectivity index (χ0v) is 28.9. The fourth-order valence-corrected chi connectivity index (χ4v) is 6.81. The first-order valence-corrected chi connectivity index (χ1v) is 17.4. The van der Waals surface area contributed by atoms with Crippen LogP contribution in [-0.2, 0) is 32.6 Å². The zero-order chi connectivity index (χ0) is 33.4. The number of carbonyl (C=O) groups is 2. The summed E-state index contributed by atoms with van der Waals surface area (Å²) in [7, 11) is -4.23. The van der Waals surface area contributed by atoms with Crippen LogP contribution in [0, 0.1) is 6.92 Å². The molecule has 0 spiro atoms. The van der Waals surface area contributed by atoms with Crippen LogP contribution in [0.3, 0.4) is 0 Å². The van der Waals surface area contributed by atoms with E-state index in [-0.39, 0.29) is 35.5 Å². The van der Waals surface area contributed by atoms with Gasteiger partial charge < -0.3 is 10.2 Å². The van der Waals surface area contributed by atoms with Crippen LogP contribution in [0.4, 0.5) is 5.69 Å². The topological polar surface area (TPSA) is 86.8 Å². The second-order valence-electron chi connectivity index (χ2n) is 11.1. The van der Waals surface area contributed by atoms with Crippen molar-refractivity contribution in [2.45, 2.75) is 57.1 Å². The molecule has 0 aliphatic rings. The Morgan fingerprint density at radius 1 is 0.848 bits per heavy atom. The first-order valence-electron chi connectivity index (χ1n) is 14.8. The summed E-state index contributed by atoms with van der Waals surface area (Å²) in [6.07, 6.45) is 0.867. The molecule has 7 nitrogen and oxygen atoms in total. The predicted octanol–water partition coefficient (Wildman–Crippen LogP) is 7.71. The largest absolute Gasteiger partial charge is 0.352 e. The maximum absolute atomic E-state index is 14.5. The molecule has 0 saturated heterocycles. The summed E-state index contributed by atoms with van der Waals surface area (Å²) >= 11 is 18.9. The monoisotopic (exact) mass is 699 g/mol. The van der Waals surface area contributed by atoms with Gasteiger partial charge in [-0.15, -0.1) is 0 Å². The van der Waals surface area contributed by atoms with Crippen LogP contribution in [0.5, 0.6) is 0 Å². The number of anilines is 1. The number of sulfonamides is 1. The number of nitrogens with one attached hydrogen (secondary N) is 1. The quantitative estimate of drug-likeness (QED) is 0.155. The minimum Gasteiger partial charge on any atom is -0.352 e. The Morgan fingerprint density at radius 3 is 2.09 bits per heavy atom. The number of nitrogens with zero attached hydrogens (tertiary/aromatic N) is 2. The molecule has 2 amide bonds. The van der Waals surface area contributed by atoms with Crippen molar-refractivity contribution < 1.29 is 18.0 Å². The molecular weight excluding hydrogens is 665 g/mol. The average molecular weight is 701 g/mol. The predicted molar refractivity (Wildman–Crippen MR) is 186 cm³/mol. The average Bonchev–Trinajstić information content (AvgIpc) is 3.03. The van der Waals surface area contributed by atoms with Crippen molar-refractivity contribution in [1.82, 2.24) is 10.2 Å². The highest BCUT2D eigenvalue weighted by atomic mass is 35.5. The Hall–Kier alpha value is -3.56. The van der Waals surface area contributed by atoms with Crippen LogP contribution < -0.4 is 9.62 Å². The summed E-state index contributed by atoms with van der Waals surface area (Å²) in [5.74, 6) is -0.965. The molecule has 0 heterocycles. The molecule has 2 atom stereocenters. The molecular formula is C35H36Cl3N3O4S. The van der Waals surface area contributed by atoms with Crippen molar-refractivity contribution >= 4 is 62.3 Å². The molecule has 1 N–H and O–H groups in total. The molecule has 0 aliphatic heterocycles. The lowest BCUT2D eigenvalue weighted by Crippen LogP contribution is -2.54. The fourth-order valence-electron chi connectivity index (χ4n) is 4.80. The standard InChI is InChI=1S/C35H36Cl3N3O4S/c1-4-25(3)39-35(43)33(20-26-8-6-5-7-9-26)40(22-27-12-13-29(37)21-32(27)38)34(42)23-41(30-16-14-28(36)15-17-30)46(44,45)31-18-10-24(2)11-19-31/h5-19,21,25,33H,4,20,22-23H2,1-3H3,(H,39,43)/t25-,33+/m0/s1. The van der Waals surface area contributed by atoms with Crippen LogP contribution >= 0.6 is 34.8 Å². The smallest absolute Gasteiger partial charge is 0.264 e. The second kappa shape index (κ2) is 15.8. The Morgan fingerprint density at radius 2 is 1.48 bits per heavy atom. The van der Waals surface area contributed by atoms with Gasteiger partial charge in [0.25, 0.3) is 10.0 Å². The number of hydrogen-bond acceptors (Lipinski definition) is 4.